The zero-order chi connectivity index (χ0) is 8.48. The van der Waals surface area contributed by atoms with E-state index < -0.39 is 13.6 Å². The summed E-state index contributed by atoms with van der Waals surface area (Å²) < 4.78 is 1.34. The van der Waals surface area contributed by atoms with Crippen molar-refractivity contribution in [2.45, 2.75) is 17.1 Å². The molecule has 0 spiro atoms. The predicted octanol–water partition coefficient (Wildman–Crippen LogP) is 1.94. The first-order valence-electron chi connectivity index (χ1n) is 3.61. The van der Waals surface area contributed by atoms with Crippen LogP contribution in [0.15, 0.2) is 24.3 Å². The summed E-state index contributed by atoms with van der Waals surface area (Å²) in [5.41, 5.74) is 6.90. The Bertz CT molecular complexity index is 250. The fourth-order valence-corrected chi connectivity index (χ4v) is 3.12. The Morgan fingerprint density at radius 1 is 1.18 bits per heavy atom. The fraction of sp³-hybridized carbons (Fsp3) is 0.333. The molecule has 11 heavy (non-hydrogen) atoms. The molecule has 0 bridgehead atoms. The number of hydrogen-bond acceptors (Lipinski definition) is 1. The molecule has 0 aromatic heterocycles. The van der Waals surface area contributed by atoms with Crippen molar-refractivity contribution in [1.82, 2.24) is 0 Å². The second-order valence-corrected chi connectivity index (χ2v) is 13.1. The molecule has 0 unspecified atom stereocenters. The maximum absolute atomic E-state index is 9.20. The summed E-state index contributed by atoms with van der Waals surface area (Å²) >= 11 is -1.54. The van der Waals surface area contributed by atoms with Crippen molar-refractivity contribution >= 4 is 17.9 Å². The molecule has 1 aromatic carbocycles. The molecule has 1 N–H and O–H groups in total. The summed E-state index contributed by atoms with van der Waals surface area (Å²) in [7, 11) is 0. The van der Waals surface area contributed by atoms with Gasteiger partial charge in [-0.2, -0.15) is 0 Å². The van der Waals surface area contributed by atoms with Crippen molar-refractivity contribution < 1.29 is 5.11 Å². The van der Waals surface area contributed by atoms with Gasteiger partial charge in [0.05, 0.1) is 0 Å². The van der Waals surface area contributed by atoms with Crippen molar-refractivity contribution in [2.75, 3.05) is 0 Å². The van der Waals surface area contributed by atoms with Crippen molar-refractivity contribution in [3.63, 3.8) is 0 Å². The van der Waals surface area contributed by atoms with Gasteiger partial charge in [0.25, 0.3) is 0 Å². The molecular formula is C9H14AsO. The average Bonchev–Trinajstić information content (AvgIpc) is 1.86. The molecule has 2 heteroatoms. The van der Waals surface area contributed by atoms with Crippen LogP contribution in [-0.2, 0) is 0 Å². The third-order valence-electron chi connectivity index (χ3n) is 1.60. The molecule has 0 aliphatic heterocycles. The van der Waals surface area contributed by atoms with E-state index in [2.05, 4.69) is 23.2 Å². The molecule has 61 valence electrons. The quantitative estimate of drug-likeness (QED) is 0.707. The van der Waals surface area contributed by atoms with Gasteiger partial charge in [-0.3, -0.25) is 0 Å². The summed E-state index contributed by atoms with van der Waals surface area (Å²) in [5, 5.41) is 9.20. The monoisotopic (exact) mass is 213 g/mol. The van der Waals surface area contributed by atoms with Gasteiger partial charge in [-0.1, -0.05) is 0 Å². The topological polar surface area (TPSA) is 20.2 Å². The van der Waals surface area contributed by atoms with Crippen molar-refractivity contribution in [3.05, 3.63) is 24.3 Å². The normalized spacial score (nSPS) is 11.5. The van der Waals surface area contributed by atoms with E-state index in [1.165, 1.54) is 4.35 Å². The van der Waals surface area contributed by atoms with Crippen LogP contribution in [0.1, 0.15) is 0 Å². The molecule has 1 rings (SSSR count). The molecule has 1 nitrogen and oxygen atoms in total. The summed E-state index contributed by atoms with van der Waals surface area (Å²) in [6.07, 6.45) is 0. The molecule has 0 saturated carbocycles. The van der Waals surface area contributed by atoms with E-state index in [1.807, 2.05) is 12.1 Å². The van der Waals surface area contributed by atoms with Crippen LogP contribution in [0.25, 0.3) is 0 Å². The number of phenolic OH excluding ortho intramolecular Hbond substituents is 1. The molecule has 1 aromatic rings. The Balaban J connectivity index is 3.06. The third-order valence-corrected chi connectivity index (χ3v) is 5.44. The summed E-state index contributed by atoms with van der Waals surface area (Å²) in [4.78, 5) is 0. The maximum atomic E-state index is 9.20. The van der Waals surface area contributed by atoms with E-state index in [0.29, 0.717) is 5.75 Å². The second-order valence-electron chi connectivity index (χ2n) is 3.53. The summed E-state index contributed by atoms with van der Waals surface area (Å²) in [6.45, 7) is 0. The van der Waals surface area contributed by atoms with E-state index in [1.54, 1.807) is 6.07 Å². The van der Waals surface area contributed by atoms with Gasteiger partial charge in [-0.05, 0) is 0 Å². The Labute approximate surface area is 70.5 Å². The van der Waals surface area contributed by atoms with Crippen LogP contribution < -0.4 is 4.35 Å². The first kappa shape index (κ1) is 8.67. The molecule has 0 heterocycles. The van der Waals surface area contributed by atoms with Gasteiger partial charge in [0.1, 0.15) is 0 Å². The van der Waals surface area contributed by atoms with Crippen LogP contribution in [0.2, 0.25) is 17.1 Å². The van der Waals surface area contributed by atoms with Crippen molar-refractivity contribution in [3.8, 4) is 5.75 Å². The van der Waals surface area contributed by atoms with Gasteiger partial charge in [-0.15, -0.1) is 0 Å². The van der Waals surface area contributed by atoms with Crippen LogP contribution in [0.3, 0.4) is 0 Å². The van der Waals surface area contributed by atoms with Crippen molar-refractivity contribution in [2.24, 2.45) is 0 Å². The van der Waals surface area contributed by atoms with Crippen LogP contribution in [0.4, 0.5) is 0 Å². The zero-order valence-electron chi connectivity index (χ0n) is 7.20. The standard InChI is InChI=1S/C9H14AsO/c1-10(2,3)8-5-4-6-9(11)7-8/h4-7,11H,1-3H3. The summed E-state index contributed by atoms with van der Waals surface area (Å²) in [6, 6.07) is 7.62. The molecule has 0 fully saturated rings. The zero-order valence-corrected chi connectivity index (χ0v) is 9.08. The van der Waals surface area contributed by atoms with E-state index in [0.717, 1.165) is 0 Å². The number of phenols is 1. The van der Waals surface area contributed by atoms with E-state index >= 15 is 0 Å². The van der Waals surface area contributed by atoms with Crippen LogP contribution in [0, 0.1) is 0 Å². The molecule has 0 saturated heterocycles. The Morgan fingerprint density at radius 3 is 2.18 bits per heavy atom. The van der Waals surface area contributed by atoms with Gasteiger partial charge >= 0.3 is 70.2 Å². The molecule has 0 amide bonds. The van der Waals surface area contributed by atoms with Gasteiger partial charge < -0.3 is 0 Å². The molecule has 0 aliphatic rings. The predicted molar refractivity (Wildman–Crippen MR) is 51.1 cm³/mol. The van der Waals surface area contributed by atoms with E-state index in [4.69, 9.17) is 0 Å². The number of hydrogen-bond donors (Lipinski definition) is 1. The minimum atomic E-state index is -1.54. The second kappa shape index (κ2) is 2.90. The first-order chi connectivity index (χ1) is 5.00. The van der Waals surface area contributed by atoms with Gasteiger partial charge in [0, 0.05) is 0 Å². The fourth-order valence-electron chi connectivity index (χ4n) is 0.910. The average molecular weight is 213 g/mol. The molecule has 0 atom stereocenters. The SMILES string of the molecule is C[As](C)(C)c1cccc(O)c1. The Kier molecular flexibility index (Phi) is 2.29. The van der Waals surface area contributed by atoms with Gasteiger partial charge in [-0.25, -0.2) is 0 Å². The minimum absolute atomic E-state index is 0.388. The summed E-state index contributed by atoms with van der Waals surface area (Å²) in [5.74, 6) is 0.388. The molecule has 0 aliphatic carbocycles. The van der Waals surface area contributed by atoms with Crippen LogP contribution in [0.5, 0.6) is 5.75 Å². The third kappa shape index (κ3) is 2.27. The number of rotatable bonds is 1. The van der Waals surface area contributed by atoms with E-state index in [9.17, 15) is 5.11 Å². The Hall–Kier alpha value is -0.422. The van der Waals surface area contributed by atoms with Crippen LogP contribution in [-0.4, -0.2) is 18.7 Å². The number of aromatic hydroxyl groups is 1. The first-order valence-corrected chi connectivity index (χ1v) is 10.2. The molecule has 1 radical (unpaired) electrons. The van der Waals surface area contributed by atoms with E-state index in [-0.39, 0.29) is 0 Å². The Morgan fingerprint density at radius 2 is 1.82 bits per heavy atom. The van der Waals surface area contributed by atoms with Gasteiger partial charge in [0.2, 0.25) is 0 Å². The van der Waals surface area contributed by atoms with Crippen molar-refractivity contribution in [1.29, 1.82) is 0 Å². The van der Waals surface area contributed by atoms with Crippen LogP contribution >= 0.6 is 0 Å². The number of benzene rings is 1. The van der Waals surface area contributed by atoms with Gasteiger partial charge in [0.15, 0.2) is 0 Å². The molecular weight excluding hydrogens is 199 g/mol.